The number of thioether (sulfide) groups is 1. The summed E-state index contributed by atoms with van der Waals surface area (Å²) in [6.07, 6.45) is 4.94. The van der Waals surface area contributed by atoms with Gasteiger partial charge >= 0.3 is 0 Å². The molecule has 1 atom stereocenters. The maximum atomic E-state index is 12.4. The normalized spacial score (nSPS) is 18.2. The molecule has 0 aliphatic carbocycles. The minimum atomic E-state index is -0.334. The topological polar surface area (TPSA) is 67.2 Å². The van der Waals surface area contributed by atoms with Crippen molar-refractivity contribution < 1.29 is 9.59 Å². The number of hydrogen-bond donors (Lipinski definition) is 1. The summed E-state index contributed by atoms with van der Waals surface area (Å²) in [7, 11) is 0. The quantitative estimate of drug-likeness (QED) is 0.802. The minimum Gasteiger partial charge on any atom is -0.354 e. The molecule has 7 heteroatoms. The first kappa shape index (κ1) is 17.8. The van der Waals surface area contributed by atoms with Crippen molar-refractivity contribution in [3.8, 4) is 0 Å². The van der Waals surface area contributed by atoms with Crippen LogP contribution in [-0.2, 0) is 16.1 Å². The molecule has 1 aromatic rings. The fourth-order valence-corrected chi connectivity index (χ4v) is 3.64. The molecule has 1 aliphatic rings. The first-order valence-corrected chi connectivity index (χ1v) is 9.15. The van der Waals surface area contributed by atoms with E-state index in [1.54, 1.807) is 22.9 Å². The first-order chi connectivity index (χ1) is 10.9. The van der Waals surface area contributed by atoms with Gasteiger partial charge in [-0.25, -0.2) is 0 Å². The highest BCUT2D eigenvalue weighted by Gasteiger charge is 2.35. The third-order valence-electron chi connectivity index (χ3n) is 3.61. The molecule has 1 aliphatic heterocycles. The van der Waals surface area contributed by atoms with Crippen LogP contribution in [0.15, 0.2) is 18.5 Å². The minimum absolute atomic E-state index is 0.0438. The number of rotatable bonds is 6. The van der Waals surface area contributed by atoms with Crippen LogP contribution >= 0.6 is 11.8 Å². The average molecular weight is 338 g/mol. The van der Waals surface area contributed by atoms with Gasteiger partial charge in [0.15, 0.2) is 0 Å². The number of nitrogens with one attached hydrogen (secondary N) is 1. The van der Waals surface area contributed by atoms with E-state index in [2.05, 4.69) is 10.4 Å². The number of amides is 2. The fraction of sp³-hybridized carbons (Fsp3) is 0.688. The molecule has 1 N–H and O–H groups in total. The van der Waals surface area contributed by atoms with Gasteiger partial charge in [0.25, 0.3) is 0 Å². The Balaban J connectivity index is 1.77. The third kappa shape index (κ3) is 5.57. The molecule has 0 bridgehead atoms. The lowest BCUT2D eigenvalue weighted by molar-refractivity contribution is -0.139. The molecule has 0 unspecified atom stereocenters. The largest absolute Gasteiger partial charge is 0.354 e. The summed E-state index contributed by atoms with van der Waals surface area (Å²) in [5.74, 6) is 1.32. The zero-order valence-electron chi connectivity index (χ0n) is 14.1. The van der Waals surface area contributed by atoms with Gasteiger partial charge in [0.1, 0.15) is 6.04 Å². The van der Waals surface area contributed by atoms with E-state index in [1.165, 1.54) is 0 Å². The Morgan fingerprint density at radius 2 is 2.17 bits per heavy atom. The molecule has 1 fully saturated rings. The third-order valence-corrected chi connectivity index (χ3v) is 4.62. The Hall–Kier alpha value is -1.50. The van der Waals surface area contributed by atoms with E-state index in [-0.39, 0.29) is 23.3 Å². The molecular formula is C16H26N4O2S. The van der Waals surface area contributed by atoms with Crippen LogP contribution in [0, 0.1) is 5.41 Å². The van der Waals surface area contributed by atoms with E-state index in [9.17, 15) is 9.59 Å². The number of aryl methyl sites for hydroxylation is 1. The van der Waals surface area contributed by atoms with Gasteiger partial charge in [-0.1, -0.05) is 20.8 Å². The summed E-state index contributed by atoms with van der Waals surface area (Å²) in [6, 6.07) is 1.55. The molecule has 128 valence electrons. The van der Waals surface area contributed by atoms with Gasteiger partial charge in [0.05, 0.1) is 5.88 Å². The molecule has 2 amide bonds. The van der Waals surface area contributed by atoms with E-state index in [0.717, 1.165) is 13.0 Å². The highest BCUT2D eigenvalue weighted by atomic mass is 32.2. The molecule has 0 saturated carbocycles. The van der Waals surface area contributed by atoms with Crippen LogP contribution < -0.4 is 5.32 Å². The SMILES string of the molecule is CC(C)(C)CC(=O)N1CSC[C@H]1C(=O)NCCCn1cccn1. The molecule has 1 aromatic heterocycles. The molecule has 1 saturated heterocycles. The molecular weight excluding hydrogens is 312 g/mol. The van der Waals surface area contributed by atoms with E-state index < -0.39 is 0 Å². The zero-order valence-corrected chi connectivity index (χ0v) is 14.9. The molecule has 0 aromatic carbocycles. The van der Waals surface area contributed by atoms with Crippen LogP contribution in [0.4, 0.5) is 0 Å². The van der Waals surface area contributed by atoms with Gasteiger partial charge in [-0.15, -0.1) is 11.8 Å². The van der Waals surface area contributed by atoms with Crippen molar-refractivity contribution in [3.05, 3.63) is 18.5 Å². The number of carbonyl (C=O) groups excluding carboxylic acids is 2. The molecule has 0 radical (unpaired) electrons. The van der Waals surface area contributed by atoms with Crippen LogP contribution in [0.3, 0.4) is 0 Å². The van der Waals surface area contributed by atoms with E-state index >= 15 is 0 Å². The lowest BCUT2D eigenvalue weighted by atomic mass is 9.91. The number of hydrogen-bond acceptors (Lipinski definition) is 4. The van der Waals surface area contributed by atoms with Gasteiger partial charge in [0, 0.05) is 37.7 Å². The van der Waals surface area contributed by atoms with Gasteiger partial charge in [-0.05, 0) is 17.9 Å². The standard InChI is InChI=1S/C16H26N4O2S/c1-16(2,3)10-14(21)20-12-23-11-13(20)15(22)17-6-4-8-19-9-5-7-18-19/h5,7,9,13H,4,6,8,10-12H2,1-3H3,(H,17,22)/t13-/m0/s1. The maximum Gasteiger partial charge on any atom is 0.243 e. The van der Waals surface area contributed by atoms with Crippen LogP contribution in [0.1, 0.15) is 33.6 Å². The lowest BCUT2D eigenvalue weighted by Gasteiger charge is -2.26. The number of carbonyl (C=O) groups is 2. The summed E-state index contributed by atoms with van der Waals surface area (Å²) < 4.78 is 1.84. The predicted molar refractivity (Wildman–Crippen MR) is 91.9 cm³/mol. The molecule has 0 spiro atoms. The maximum absolute atomic E-state index is 12.4. The van der Waals surface area contributed by atoms with E-state index in [4.69, 9.17) is 0 Å². The highest BCUT2D eigenvalue weighted by Crippen LogP contribution is 2.26. The summed E-state index contributed by atoms with van der Waals surface area (Å²) >= 11 is 1.64. The Morgan fingerprint density at radius 1 is 1.39 bits per heavy atom. The van der Waals surface area contributed by atoms with Crippen LogP contribution in [-0.4, -0.2) is 50.7 Å². The van der Waals surface area contributed by atoms with Gasteiger partial charge in [-0.3, -0.25) is 14.3 Å². The highest BCUT2D eigenvalue weighted by molar-refractivity contribution is 7.99. The van der Waals surface area contributed by atoms with Gasteiger partial charge < -0.3 is 10.2 Å². The monoisotopic (exact) mass is 338 g/mol. The van der Waals surface area contributed by atoms with Crippen molar-refractivity contribution in [1.29, 1.82) is 0 Å². The van der Waals surface area contributed by atoms with Crippen molar-refractivity contribution in [2.24, 2.45) is 5.41 Å². The predicted octanol–water partition coefficient (Wildman–Crippen LogP) is 1.73. The molecule has 23 heavy (non-hydrogen) atoms. The first-order valence-electron chi connectivity index (χ1n) is 7.99. The Kier molecular flexibility index (Phi) is 6.10. The number of nitrogens with zero attached hydrogens (tertiary/aromatic N) is 3. The second-order valence-corrected chi connectivity index (χ2v) is 8.03. The van der Waals surface area contributed by atoms with Crippen LogP contribution in [0.5, 0.6) is 0 Å². The second-order valence-electron chi connectivity index (χ2n) is 7.03. The van der Waals surface area contributed by atoms with E-state index in [0.29, 0.717) is 24.6 Å². The number of aromatic nitrogens is 2. The van der Waals surface area contributed by atoms with Crippen molar-refractivity contribution >= 4 is 23.6 Å². The fourth-order valence-electron chi connectivity index (χ4n) is 2.46. The summed E-state index contributed by atoms with van der Waals surface area (Å²) in [6.45, 7) is 7.50. The van der Waals surface area contributed by atoms with Crippen molar-refractivity contribution in [2.75, 3.05) is 18.2 Å². The lowest BCUT2D eigenvalue weighted by Crippen LogP contribution is -2.48. The van der Waals surface area contributed by atoms with Crippen molar-refractivity contribution in [2.45, 2.75) is 46.2 Å². The second kappa shape index (κ2) is 7.86. The van der Waals surface area contributed by atoms with Crippen LogP contribution in [0.25, 0.3) is 0 Å². The molecule has 2 rings (SSSR count). The average Bonchev–Trinajstić information content (AvgIpc) is 3.12. The van der Waals surface area contributed by atoms with E-state index in [1.807, 2.05) is 37.7 Å². The van der Waals surface area contributed by atoms with Crippen molar-refractivity contribution in [3.63, 3.8) is 0 Å². The smallest absolute Gasteiger partial charge is 0.243 e. The van der Waals surface area contributed by atoms with Gasteiger partial charge in [-0.2, -0.15) is 5.10 Å². The van der Waals surface area contributed by atoms with Crippen molar-refractivity contribution in [1.82, 2.24) is 20.0 Å². The summed E-state index contributed by atoms with van der Waals surface area (Å²) in [4.78, 5) is 26.4. The zero-order chi connectivity index (χ0) is 16.9. The molecule has 6 nitrogen and oxygen atoms in total. The summed E-state index contributed by atoms with van der Waals surface area (Å²) in [5, 5.41) is 7.07. The Bertz CT molecular complexity index is 525. The Morgan fingerprint density at radius 3 is 2.83 bits per heavy atom. The summed E-state index contributed by atoms with van der Waals surface area (Å²) in [5.41, 5.74) is -0.0604. The molecule has 2 heterocycles. The Labute approximate surface area is 142 Å². The van der Waals surface area contributed by atoms with Crippen LogP contribution in [0.2, 0.25) is 0 Å². The van der Waals surface area contributed by atoms with Gasteiger partial charge in [0.2, 0.25) is 11.8 Å².